The third-order valence-electron chi connectivity index (χ3n) is 5.26. The van der Waals surface area contributed by atoms with Crippen molar-refractivity contribution in [3.8, 4) is 0 Å². The maximum Gasteiger partial charge on any atom is 0.362 e. The first-order chi connectivity index (χ1) is 13.9. The number of hydrogen-bond acceptors (Lipinski definition) is 4. The van der Waals surface area contributed by atoms with Gasteiger partial charge in [0.1, 0.15) is 31.8 Å². The number of carboxylic acids is 1. The molecule has 0 aliphatic carbocycles. The average molecular weight is 415 g/mol. The van der Waals surface area contributed by atoms with Gasteiger partial charge >= 0.3 is 5.97 Å². The summed E-state index contributed by atoms with van der Waals surface area (Å²) in [6, 6.07) is -0.768. The van der Waals surface area contributed by atoms with E-state index < -0.39 is 24.2 Å². The number of allylic oxidation sites excluding steroid dienone is 2. The molecule has 4 unspecified atom stereocenters. The number of hydrogen-bond donors (Lipinski definition) is 4. The molecule has 6 nitrogen and oxygen atoms in total. The fraction of sp³-hybridized carbons (Fsp3) is 0.783. The lowest BCUT2D eigenvalue weighted by Crippen LogP contribution is -2.64. The molecule has 170 valence electrons. The number of quaternary nitrogens is 1. The first kappa shape index (κ1) is 27.8. The van der Waals surface area contributed by atoms with Crippen LogP contribution in [0.25, 0.3) is 0 Å². The van der Waals surface area contributed by atoms with Crippen LogP contribution in [0, 0.1) is 0 Å². The lowest BCUT2D eigenvalue weighted by atomic mass is 10.0. The number of carbonyl (C=O) groups is 1. The first-order valence-corrected chi connectivity index (χ1v) is 11.2. The predicted molar refractivity (Wildman–Crippen MR) is 118 cm³/mol. The van der Waals surface area contributed by atoms with Crippen molar-refractivity contribution in [2.45, 2.75) is 90.4 Å². The smallest absolute Gasteiger partial charge is 0.362 e. The predicted octanol–water partition coefficient (Wildman–Crippen LogP) is 3.26. The van der Waals surface area contributed by atoms with E-state index in [0.717, 1.165) is 25.7 Å². The normalized spacial score (nSPS) is 17.4. The van der Waals surface area contributed by atoms with Gasteiger partial charge in [0.25, 0.3) is 0 Å². The Balaban J connectivity index is 5.54. The van der Waals surface area contributed by atoms with Gasteiger partial charge in [0.15, 0.2) is 6.04 Å². The Morgan fingerprint density at radius 3 is 1.69 bits per heavy atom. The highest BCUT2D eigenvalue weighted by Gasteiger charge is 2.43. The monoisotopic (exact) mass is 414 g/mol. The third-order valence-corrected chi connectivity index (χ3v) is 5.26. The molecule has 0 aliphatic heterocycles. The van der Waals surface area contributed by atoms with E-state index in [9.17, 15) is 25.2 Å². The fourth-order valence-corrected chi connectivity index (χ4v) is 3.84. The summed E-state index contributed by atoms with van der Waals surface area (Å²) in [5, 5.41) is 40.9. The first-order valence-electron chi connectivity index (χ1n) is 11.2. The van der Waals surface area contributed by atoms with Gasteiger partial charge in [-0.05, 0) is 32.1 Å². The summed E-state index contributed by atoms with van der Waals surface area (Å²) < 4.78 is -0.00869. The van der Waals surface area contributed by atoms with E-state index in [4.69, 9.17) is 0 Å². The molecule has 0 saturated carbocycles. The van der Waals surface area contributed by atoms with Crippen LogP contribution in [0.3, 0.4) is 0 Å². The number of carboxylic acid groups (broad SMARTS) is 1. The maximum atomic E-state index is 12.1. The Kier molecular flexibility index (Phi) is 15.9. The molecule has 0 aromatic carbocycles. The minimum absolute atomic E-state index is 0.00869. The van der Waals surface area contributed by atoms with Crippen LogP contribution in [0.15, 0.2) is 24.3 Å². The zero-order valence-electron chi connectivity index (χ0n) is 18.7. The van der Waals surface area contributed by atoms with Crippen molar-refractivity contribution in [3.05, 3.63) is 24.3 Å². The molecule has 0 aliphatic rings. The molecule has 29 heavy (non-hydrogen) atoms. The van der Waals surface area contributed by atoms with Crippen LogP contribution in [-0.2, 0) is 4.79 Å². The number of aliphatic hydroxyl groups is 3. The van der Waals surface area contributed by atoms with Crippen molar-refractivity contribution in [1.82, 2.24) is 0 Å². The zero-order valence-corrected chi connectivity index (χ0v) is 18.7. The van der Waals surface area contributed by atoms with Crippen molar-refractivity contribution in [1.29, 1.82) is 0 Å². The van der Waals surface area contributed by atoms with Gasteiger partial charge in [0.05, 0.1) is 6.61 Å². The van der Waals surface area contributed by atoms with Crippen LogP contribution in [0.2, 0.25) is 0 Å². The minimum atomic E-state index is -0.942. The topological polar surface area (TPSA) is 98.0 Å². The Labute approximate surface area is 177 Å². The Hall–Kier alpha value is -1.21. The van der Waals surface area contributed by atoms with Crippen molar-refractivity contribution in [3.63, 3.8) is 0 Å². The van der Waals surface area contributed by atoms with E-state index in [1.54, 1.807) is 0 Å². The zero-order chi connectivity index (χ0) is 22.1. The standard InChI is InChI=1S/C23H43NO5/c1-4-7-9-11-14-20(26)18-24(16-17-25,22(13-6-3)23(28)29)19-21(27)15-12-10-8-5-2/h9-12,20-22,25-27H,4-8,13-19H2,1-3H3/p+1/b11-9-,12-10+. The Morgan fingerprint density at radius 1 is 0.862 bits per heavy atom. The highest BCUT2D eigenvalue weighted by molar-refractivity contribution is 5.72. The summed E-state index contributed by atoms with van der Waals surface area (Å²) in [7, 11) is 0. The minimum Gasteiger partial charge on any atom is -0.477 e. The molecular formula is C23H44NO5+. The molecule has 0 aromatic rings. The van der Waals surface area contributed by atoms with Gasteiger partial charge in [-0.3, -0.25) is 0 Å². The van der Waals surface area contributed by atoms with Crippen molar-refractivity contribution < 1.29 is 29.7 Å². The van der Waals surface area contributed by atoms with Crippen molar-refractivity contribution in [2.75, 3.05) is 26.2 Å². The molecule has 0 radical (unpaired) electrons. The highest BCUT2D eigenvalue weighted by atomic mass is 16.4. The lowest BCUT2D eigenvalue weighted by molar-refractivity contribution is -0.949. The number of aliphatic hydroxyl groups excluding tert-OH is 3. The highest BCUT2D eigenvalue weighted by Crippen LogP contribution is 2.23. The van der Waals surface area contributed by atoms with Crippen molar-refractivity contribution in [2.24, 2.45) is 0 Å². The molecule has 4 atom stereocenters. The molecule has 0 spiro atoms. The van der Waals surface area contributed by atoms with Gasteiger partial charge in [0.2, 0.25) is 0 Å². The largest absolute Gasteiger partial charge is 0.477 e. The molecule has 4 N–H and O–H groups in total. The van der Waals surface area contributed by atoms with Gasteiger partial charge in [-0.2, -0.15) is 0 Å². The lowest BCUT2D eigenvalue weighted by Gasteiger charge is -2.45. The molecule has 0 saturated heterocycles. The SMILES string of the molecule is CCC/C=C\CC(O)C[N+](CCO)(CC(O)C/C=C/CCC)C(CCC)C(=O)O. The van der Waals surface area contributed by atoms with E-state index in [1.165, 1.54) is 0 Å². The Morgan fingerprint density at radius 2 is 1.34 bits per heavy atom. The summed E-state index contributed by atoms with van der Waals surface area (Å²) in [6.45, 7) is 6.50. The van der Waals surface area contributed by atoms with E-state index >= 15 is 0 Å². The number of rotatable bonds is 18. The summed E-state index contributed by atoms with van der Waals surface area (Å²) in [5.41, 5.74) is 0. The van der Waals surface area contributed by atoms with Crippen LogP contribution in [-0.4, -0.2) is 75.4 Å². The van der Waals surface area contributed by atoms with E-state index in [1.807, 2.05) is 31.2 Å². The second kappa shape index (κ2) is 16.6. The number of nitrogens with zero attached hydrogens (tertiary/aromatic N) is 1. The van der Waals surface area contributed by atoms with Gasteiger partial charge in [-0.1, -0.05) is 57.9 Å². The van der Waals surface area contributed by atoms with Crippen LogP contribution in [0.5, 0.6) is 0 Å². The van der Waals surface area contributed by atoms with E-state index in [-0.39, 0.29) is 30.7 Å². The van der Waals surface area contributed by atoms with Crippen LogP contribution >= 0.6 is 0 Å². The fourth-order valence-electron chi connectivity index (χ4n) is 3.84. The molecule has 0 fully saturated rings. The molecule has 0 amide bonds. The molecule has 0 heterocycles. The van der Waals surface area contributed by atoms with Gasteiger partial charge in [0, 0.05) is 6.42 Å². The quantitative estimate of drug-likeness (QED) is 0.204. The molecule has 0 aromatic heterocycles. The summed E-state index contributed by atoms with van der Waals surface area (Å²) >= 11 is 0. The van der Waals surface area contributed by atoms with Crippen LogP contribution in [0.4, 0.5) is 0 Å². The van der Waals surface area contributed by atoms with Crippen molar-refractivity contribution >= 4 is 5.97 Å². The molecule has 6 heteroatoms. The summed E-state index contributed by atoms with van der Waals surface area (Å²) in [6.07, 6.45) is 12.4. The van der Waals surface area contributed by atoms with Crippen LogP contribution in [0.1, 0.15) is 72.1 Å². The van der Waals surface area contributed by atoms with E-state index in [2.05, 4.69) is 13.8 Å². The van der Waals surface area contributed by atoms with E-state index in [0.29, 0.717) is 25.7 Å². The number of unbranched alkanes of at least 4 members (excludes halogenated alkanes) is 2. The van der Waals surface area contributed by atoms with Crippen LogP contribution < -0.4 is 0 Å². The Bertz CT molecular complexity index is 452. The third kappa shape index (κ3) is 11.5. The molecule has 0 bridgehead atoms. The summed E-state index contributed by atoms with van der Waals surface area (Å²) in [4.78, 5) is 12.1. The van der Waals surface area contributed by atoms with Gasteiger partial charge in [-0.15, -0.1) is 0 Å². The van der Waals surface area contributed by atoms with Gasteiger partial charge in [-0.25, -0.2) is 4.79 Å². The molecule has 0 rings (SSSR count). The maximum absolute atomic E-state index is 12.1. The molecular weight excluding hydrogens is 370 g/mol. The number of aliphatic carboxylic acids is 1. The second-order valence-corrected chi connectivity index (χ2v) is 7.97. The summed E-state index contributed by atoms with van der Waals surface area (Å²) in [5.74, 6) is -0.942. The second-order valence-electron chi connectivity index (χ2n) is 7.97. The van der Waals surface area contributed by atoms with Gasteiger partial charge < -0.3 is 24.9 Å². The average Bonchev–Trinajstić information content (AvgIpc) is 2.66.